The molecule has 0 aliphatic carbocycles. The Morgan fingerprint density at radius 3 is 2.62 bits per heavy atom. The van der Waals surface area contributed by atoms with Crippen LogP contribution in [-0.4, -0.2) is 21.6 Å². The van der Waals surface area contributed by atoms with Gasteiger partial charge in [-0.15, -0.1) is 5.10 Å². The molecule has 32 heavy (non-hydrogen) atoms. The van der Waals surface area contributed by atoms with Crippen LogP contribution in [0.4, 0.5) is 0 Å². The summed E-state index contributed by atoms with van der Waals surface area (Å²) in [5.41, 5.74) is 11.0. The number of para-hydroxylation sites is 2. The van der Waals surface area contributed by atoms with Gasteiger partial charge in [-0.2, -0.15) is 5.10 Å². The lowest BCUT2D eigenvalue weighted by molar-refractivity contribution is 0.832. The SMILES string of the molecule is N/C(=N\N=C/c1cn(Cc2ccccc2Br)c2ccccc12)c1ccc2ccccc2n1. The molecule has 0 amide bonds. The first kappa shape index (κ1) is 20.2. The molecule has 3 aromatic carbocycles. The Bertz CT molecular complexity index is 1480. The second kappa shape index (κ2) is 8.77. The van der Waals surface area contributed by atoms with Gasteiger partial charge >= 0.3 is 0 Å². The van der Waals surface area contributed by atoms with Crippen LogP contribution in [0.5, 0.6) is 0 Å². The molecule has 0 radical (unpaired) electrons. The van der Waals surface area contributed by atoms with Crippen molar-refractivity contribution < 1.29 is 0 Å². The third-order valence-electron chi connectivity index (χ3n) is 5.34. The highest BCUT2D eigenvalue weighted by Gasteiger charge is 2.08. The predicted octanol–water partition coefficient (Wildman–Crippen LogP) is 5.74. The quantitative estimate of drug-likeness (QED) is 0.197. The number of hydrogen-bond donors (Lipinski definition) is 1. The van der Waals surface area contributed by atoms with Crippen molar-refractivity contribution in [2.45, 2.75) is 6.54 Å². The van der Waals surface area contributed by atoms with Crippen molar-refractivity contribution >= 4 is 49.8 Å². The van der Waals surface area contributed by atoms with E-state index < -0.39 is 0 Å². The highest BCUT2D eigenvalue weighted by Crippen LogP contribution is 2.24. The van der Waals surface area contributed by atoms with Crippen molar-refractivity contribution in [1.29, 1.82) is 0 Å². The standard InChI is InChI=1S/C26H20BrN5/c27-22-10-4-1-8-19(22)16-32-17-20(21-9-3-6-12-25(21)32)15-29-31-26(28)24-14-13-18-7-2-5-11-23(18)30-24/h1-15,17H,16H2,(H2,28,31)/b29-15-. The normalized spacial score (nSPS) is 12.2. The van der Waals surface area contributed by atoms with E-state index in [4.69, 9.17) is 5.73 Å². The van der Waals surface area contributed by atoms with E-state index in [-0.39, 0.29) is 5.84 Å². The van der Waals surface area contributed by atoms with Crippen LogP contribution in [0.2, 0.25) is 0 Å². The van der Waals surface area contributed by atoms with Gasteiger partial charge in [0.15, 0.2) is 5.84 Å². The molecule has 0 bridgehead atoms. The molecular weight excluding hydrogens is 462 g/mol. The number of halogens is 1. The summed E-state index contributed by atoms with van der Waals surface area (Å²) in [7, 11) is 0. The summed E-state index contributed by atoms with van der Waals surface area (Å²) in [6, 6.07) is 28.3. The number of benzene rings is 3. The summed E-state index contributed by atoms with van der Waals surface area (Å²) in [6.07, 6.45) is 3.83. The number of aromatic nitrogens is 2. The highest BCUT2D eigenvalue weighted by molar-refractivity contribution is 9.10. The maximum absolute atomic E-state index is 6.15. The Balaban J connectivity index is 1.45. The van der Waals surface area contributed by atoms with E-state index in [0.717, 1.165) is 38.4 Å². The Labute approximate surface area is 194 Å². The van der Waals surface area contributed by atoms with Crippen molar-refractivity contribution in [2.75, 3.05) is 0 Å². The molecule has 5 aromatic rings. The predicted molar refractivity (Wildman–Crippen MR) is 135 cm³/mol. The van der Waals surface area contributed by atoms with Crippen LogP contribution in [-0.2, 0) is 6.54 Å². The zero-order chi connectivity index (χ0) is 21.9. The monoisotopic (exact) mass is 481 g/mol. The van der Waals surface area contributed by atoms with Gasteiger partial charge in [0.2, 0.25) is 0 Å². The third-order valence-corrected chi connectivity index (χ3v) is 6.11. The lowest BCUT2D eigenvalue weighted by Gasteiger charge is -2.07. The first-order chi connectivity index (χ1) is 15.7. The Morgan fingerprint density at radius 1 is 0.938 bits per heavy atom. The lowest BCUT2D eigenvalue weighted by atomic mass is 10.2. The second-order valence-electron chi connectivity index (χ2n) is 7.44. The van der Waals surface area contributed by atoms with Gasteiger partial charge in [-0.3, -0.25) is 0 Å². The zero-order valence-electron chi connectivity index (χ0n) is 17.2. The molecule has 0 spiro atoms. The molecule has 6 heteroatoms. The Morgan fingerprint density at radius 2 is 1.72 bits per heavy atom. The van der Waals surface area contributed by atoms with E-state index in [1.807, 2.05) is 60.7 Å². The van der Waals surface area contributed by atoms with Gasteiger partial charge in [-0.1, -0.05) is 76.6 Å². The van der Waals surface area contributed by atoms with Crippen molar-refractivity contribution in [3.8, 4) is 0 Å². The molecule has 0 saturated carbocycles. The number of hydrogen-bond acceptors (Lipinski definition) is 3. The maximum atomic E-state index is 6.15. The van der Waals surface area contributed by atoms with Gasteiger partial charge in [0.05, 0.1) is 11.7 Å². The molecular formula is C26H20BrN5. The number of amidine groups is 1. The fourth-order valence-electron chi connectivity index (χ4n) is 3.73. The van der Waals surface area contributed by atoms with E-state index >= 15 is 0 Å². The fraction of sp³-hybridized carbons (Fsp3) is 0.0385. The van der Waals surface area contributed by atoms with Crippen molar-refractivity contribution in [2.24, 2.45) is 15.9 Å². The summed E-state index contributed by atoms with van der Waals surface area (Å²) in [5.74, 6) is 0.281. The summed E-state index contributed by atoms with van der Waals surface area (Å²) >= 11 is 3.64. The number of nitrogens with two attached hydrogens (primary N) is 1. The van der Waals surface area contributed by atoms with Crippen LogP contribution in [0.1, 0.15) is 16.8 Å². The fourth-order valence-corrected chi connectivity index (χ4v) is 4.14. The largest absolute Gasteiger partial charge is 0.380 e. The topological polar surface area (TPSA) is 68.6 Å². The molecule has 2 N–H and O–H groups in total. The minimum atomic E-state index is 0.281. The summed E-state index contributed by atoms with van der Waals surface area (Å²) in [6.45, 7) is 0.752. The smallest absolute Gasteiger partial charge is 0.172 e. The first-order valence-corrected chi connectivity index (χ1v) is 11.0. The van der Waals surface area contributed by atoms with Crippen LogP contribution < -0.4 is 5.73 Å². The third kappa shape index (κ3) is 4.05. The molecule has 0 aliphatic heterocycles. The van der Waals surface area contributed by atoms with Crippen molar-refractivity contribution in [3.63, 3.8) is 0 Å². The van der Waals surface area contributed by atoms with Crippen LogP contribution in [0.25, 0.3) is 21.8 Å². The van der Waals surface area contributed by atoms with Gasteiger partial charge in [-0.25, -0.2) is 4.98 Å². The molecule has 2 heterocycles. The molecule has 2 aromatic heterocycles. The number of nitrogens with zero attached hydrogens (tertiary/aromatic N) is 4. The zero-order valence-corrected chi connectivity index (χ0v) is 18.8. The van der Waals surface area contributed by atoms with E-state index in [9.17, 15) is 0 Å². The van der Waals surface area contributed by atoms with Crippen LogP contribution >= 0.6 is 15.9 Å². The number of pyridine rings is 1. The van der Waals surface area contributed by atoms with Gasteiger partial charge in [0, 0.05) is 39.1 Å². The van der Waals surface area contributed by atoms with E-state index in [1.54, 1.807) is 6.21 Å². The van der Waals surface area contributed by atoms with Gasteiger partial charge < -0.3 is 10.3 Å². The van der Waals surface area contributed by atoms with Gasteiger partial charge in [-0.05, 0) is 29.8 Å². The van der Waals surface area contributed by atoms with Crippen molar-refractivity contribution in [3.05, 3.63) is 112 Å². The molecule has 0 unspecified atom stereocenters. The molecule has 0 atom stereocenters. The summed E-state index contributed by atoms with van der Waals surface area (Å²) in [5, 5.41) is 10.6. The van der Waals surface area contributed by atoms with E-state index in [2.05, 4.69) is 66.1 Å². The maximum Gasteiger partial charge on any atom is 0.172 e. The number of rotatable bonds is 5. The molecule has 5 nitrogen and oxygen atoms in total. The molecule has 0 fully saturated rings. The highest BCUT2D eigenvalue weighted by atomic mass is 79.9. The van der Waals surface area contributed by atoms with Crippen LogP contribution in [0.3, 0.4) is 0 Å². The first-order valence-electron chi connectivity index (χ1n) is 10.2. The van der Waals surface area contributed by atoms with Gasteiger partial charge in [0.25, 0.3) is 0 Å². The number of fused-ring (bicyclic) bond motifs is 2. The lowest BCUT2D eigenvalue weighted by Crippen LogP contribution is -2.14. The summed E-state index contributed by atoms with van der Waals surface area (Å²) < 4.78 is 3.31. The molecule has 0 aliphatic rings. The van der Waals surface area contributed by atoms with E-state index in [0.29, 0.717) is 5.69 Å². The minimum Gasteiger partial charge on any atom is -0.380 e. The minimum absolute atomic E-state index is 0.281. The second-order valence-corrected chi connectivity index (χ2v) is 8.29. The average Bonchev–Trinajstić information content (AvgIpc) is 3.17. The van der Waals surface area contributed by atoms with Gasteiger partial charge in [0.1, 0.15) is 5.69 Å². The average molecular weight is 482 g/mol. The van der Waals surface area contributed by atoms with Crippen LogP contribution in [0.15, 0.2) is 106 Å². The Kier molecular flexibility index (Phi) is 5.52. The molecule has 5 rings (SSSR count). The molecule has 0 saturated heterocycles. The summed E-state index contributed by atoms with van der Waals surface area (Å²) in [4.78, 5) is 4.57. The van der Waals surface area contributed by atoms with Crippen LogP contribution in [0, 0.1) is 0 Å². The molecule has 156 valence electrons. The van der Waals surface area contributed by atoms with Crippen molar-refractivity contribution in [1.82, 2.24) is 9.55 Å². The Hall–Kier alpha value is -3.77. The van der Waals surface area contributed by atoms with E-state index in [1.165, 1.54) is 5.56 Å².